The van der Waals surface area contributed by atoms with Crippen molar-refractivity contribution in [3.63, 3.8) is 0 Å². The summed E-state index contributed by atoms with van der Waals surface area (Å²) in [4.78, 5) is 0. The molecule has 0 atom stereocenters. The Morgan fingerprint density at radius 2 is 1.47 bits per heavy atom. The topological polar surface area (TPSA) is 0 Å². The fourth-order valence-electron chi connectivity index (χ4n) is 3.41. The second kappa shape index (κ2) is 4.47. The average molecular weight is 246 g/mol. The molecule has 0 N–H and O–H groups in total. The van der Waals surface area contributed by atoms with Gasteiger partial charge in [0, 0.05) is 0 Å². The molecule has 0 radical (unpaired) electrons. The van der Waals surface area contributed by atoms with Crippen LogP contribution in [0.3, 0.4) is 0 Å². The standard InChI is InChI=1S/C18H23.Li/c1-12-6-7-13-10-15-16(11-14(12)13)18(4,5)9-8-17(15,2)3;/h6-7,10-11H,8-9H2,1-5H3;/q-1;+1. The van der Waals surface area contributed by atoms with Gasteiger partial charge in [-0.25, -0.2) is 0 Å². The first-order chi connectivity index (χ1) is 8.31. The van der Waals surface area contributed by atoms with Crippen LogP contribution in [0.2, 0.25) is 0 Å². The van der Waals surface area contributed by atoms with Crippen LogP contribution in [0.15, 0.2) is 24.3 Å². The van der Waals surface area contributed by atoms with Crippen molar-refractivity contribution in [1.82, 2.24) is 0 Å². The van der Waals surface area contributed by atoms with Gasteiger partial charge in [0.2, 0.25) is 0 Å². The van der Waals surface area contributed by atoms with Crippen molar-refractivity contribution in [1.29, 1.82) is 0 Å². The van der Waals surface area contributed by atoms with Crippen LogP contribution in [0.25, 0.3) is 10.8 Å². The SMILES string of the molecule is Cc1c[cH-]c2cc3c(cc12)C(C)(C)CCC3(C)C.[Li+]. The Labute approximate surface area is 129 Å². The summed E-state index contributed by atoms with van der Waals surface area (Å²) < 4.78 is 0. The molecule has 0 saturated heterocycles. The molecule has 0 heterocycles. The molecule has 1 aliphatic carbocycles. The van der Waals surface area contributed by atoms with Gasteiger partial charge >= 0.3 is 18.9 Å². The van der Waals surface area contributed by atoms with Crippen molar-refractivity contribution < 1.29 is 18.9 Å². The van der Waals surface area contributed by atoms with Crippen molar-refractivity contribution in [2.45, 2.75) is 58.3 Å². The van der Waals surface area contributed by atoms with Crippen LogP contribution >= 0.6 is 0 Å². The molecular formula is C18H23Li. The molecule has 1 heteroatoms. The molecule has 0 fully saturated rings. The maximum Gasteiger partial charge on any atom is 1.00 e. The molecule has 0 aromatic heterocycles. The zero-order chi connectivity index (χ0) is 13.1. The molecule has 0 aliphatic heterocycles. The van der Waals surface area contributed by atoms with Crippen molar-refractivity contribution in [3.8, 4) is 0 Å². The van der Waals surface area contributed by atoms with Gasteiger partial charge in [-0.3, -0.25) is 0 Å². The molecule has 0 saturated carbocycles. The third-order valence-electron chi connectivity index (χ3n) is 4.96. The third-order valence-corrected chi connectivity index (χ3v) is 4.96. The summed E-state index contributed by atoms with van der Waals surface area (Å²) in [5, 5.41) is 2.86. The van der Waals surface area contributed by atoms with E-state index in [1.165, 1.54) is 29.2 Å². The molecule has 0 amide bonds. The van der Waals surface area contributed by atoms with Gasteiger partial charge in [-0.2, -0.15) is 11.6 Å². The van der Waals surface area contributed by atoms with Crippen molar-refractivity contribution in [3.05, 3.63) is 41.0 Å². The first-order valence-corrected chi connectivity index (χ1v) is 7.02. The summed E-state index contributed by atoms with van der Waals surface area (Å²) in [5.74, 6) is 0. The summed E-state index contributed by atoms with van der Waals surface area (Å²) in [7, 11) is 0. The molecule has 96 valence electrons. The second-order valence-corrected chi connectivity index (χ2v) is 7.27. The van der Waals surface area contributed by atoms with Crippen molar-refractivity contribution in [2.75, 3.05) is 0 Å². The molecule has 2 aromatic carbocycles. The average Bonchev–Trinajstić information content (AvgIpc) is 2.66. The van der Waals surface area contributed by atoms with Gasteiger partial charge < -0.3 is 0 Å². The molecule has 0 bridgehead atoms. The predicted octanol–water partition coefficient (Wildman–Crippen LogP) is 2.22. The fourth-order valence-corrected chi connectivity index (χ4v) is 3.41. The van der Waals surface area contributed by atoms with Crippen LogP contribution in [0, 0.1) is 6.92 Å². The number of hydrogen-bond donors (Lipinski definition) is 0. The molecule has 3 rings (SSSR count). The van der Waals surface area contributed by atoms with Gasteiger partial charge in [0.05, 0.1) is 0 Å². The van der Waals surface area contributed by atoms with Crippen LogP contribution in [-0.2, 0) is 10.8 Å². The maximum absolute atomic E-state index is 2.46. The minimum Gasteiger partial charge on any atom is -0.156 e. The van der Waals surface area contributed by atoms with E-state index in [0.717, 1.165) is 0 Å². The van der Waals surface area contributed by atoms with E-state index in [9.17, 15) is 0 Å². The van der Waals surface area contributed by atoms with Crippen LogP contribution < -0.4 is 18.9 Å². The second-order valence-electron chi connectivity index (χ2n) is 7.27. The number of hydrogen-bond acceptors (Lipinski definition) is 0. The minimum atomic E-state index is 0. The van der Waals surface area contributed by atoms with Gasteiger partial charge in [-0.05, 0) is 23.7 Å². The van der Waals surface area contributed by atoms with Crippen molar-refractivity contribution >= 4 is 10.8 Å². The Morgan fingerprint density at radius 1 is 0.947 bits per heavy atom. The summed E-state index contributed by atoms with van der Waals surface area (Å²) in [5.41, 5.74) is 5.19. The summed E-state index contributed by atoms with van der Waals surface area (Å²) in [6.07, 6.45) is 2.58. The van der Waals surface area contributed by atoms with Crippen LogP contribution in [0.1, 0.15) is 57.2 Å². The van der Waals surface area contributed by atoms with Crippen LogP contribution in [0.5, 0.6) is 0 Å². The van der Waals surface area contributed by atoms with E-state index in [1.807, 2.05) is 0 Å². The van der Waals surface area contributed by atoms with E-state index < -0.39 is 0 Å². The first-order valence-electron chi connectivity index (χ1n) is 7.02. The number of rotatable bonds is 0. The van der Waals surface area contributed by atoms with E-state index >= 15 is 0 Å². The monoisotopic (exact) mass is 246 g/mol. The Balaban J connectivity index is 0.00000133. The zero-order valence-corrected chi connectivity index (χ0v) is 13.2. The molecule has 0 unspecified atom stereocenters. The van der Waals surface area contributed by atoms with Crippen molar-refractivity contribution in [2.24, 2.45) is 0 Å². The van der Waals surface area contributed by atoms with E-state index in [2.05, 4.69) is 58.9 Å². The molecule has 0 spiro atoms. The fraction of sp³-hybridized carbons (Fsp3) is 0.500. The predicted molar refractivity (Wildman–Crippen MR) is 79.6 cm³/mol. The van der Waals surface area contributed by atoms with Gasteiger partial charge in [0.25, 0.3) is 0 Å². The third kappa shape index (κ3) is 2.20. The first kappa shape index (κ1) is 14.8. The minimum absolute atomic E-state index is 0. The molecule has 0 nitrogen and oxygen atoms in total. The Morgan fingerprint density at radius 3 is 2.05 bits per heavy atom. The Bertz CT molecular complexity index is 614. The summed E-state index contributed by atoms with van der Waals surface area (Å²) >= 11 is 0. The molecule has 2 aromatic rings. The quantitative estimate of drug-likeness (QED) is 0.494. The van der Waals surface area contributed by atoms with E-state index in [1.54, 1.807) is 11.1 Å². The smallest absolute Gasteiger partial charge is 0.156 e. The van der Waals surface area contributed by atoms with Gasteiger partial charge in [-0.15, -0.1) is 29.0 Å². The molecule has 19 heavy (non-hydrogen) atoms. The number of aryl methyl sites for hydroxylation is 1. The van der Waals surface area contributed by atoms with Gasteiger partial charge in [0.1, 0.15) is 0 Å². The summed E-state index contributed by atoms with van der Waals surface area (Å²) in [6.45, 7) is 11.8. The Hall–Kier alpha value is -0.573. The zero-order valence-electron chi connectivity index (χ0n) is 13.2. The molecule has 1 aliphatic rings. The van der Waals surface area contributed by atoms with E-state index in [-0.39, 0.29) is 18.9 Å². The largest absolute Gasteiger partial charge is 1.00 e. The maximum atomic E-state index is 2.46. The van der Waals surface area contributed by atoms with E-state index in [4.69, 9.17) is 0 Å². The number of benzene rings is 1. The Kier molecular flexibility index (Phi) is 3.49. The van der Waals surface area contributed by atoms with E-state index in [0.29, 0.717) is 10.8 Å². The van der Waals surface area contributed by atoms with Crippen LogP contribution in [0.4, 0.5) is 0 Å². The van der Waals surface area contributed by atoms with Crippen LogP contribution in [-0.4, -0.2) is 0 Å². The number of fused-ring (bicyclic) bond motifs is 2. The molecular weight excluding hydrogens is 223 g/mol. The normalized spacial score (nSPS) is 19.8. The van der Waals surface area contributed by atoms with Gasteiger partial charge in [-0.1, -0.05) is 45.7 Å². The summed E-state index contributed by atoms with van der Waals surface area (Å²) in [6, 6.07) is 9.41. The van der Waals surface area contributed by atoms with Gasteiger partial charge in [0.15, 0.2) is 0 Å².